The standard InChI is InChI=1S/C15H14OS/c1-11-5-3-4-6-13(11)8-9-14(16)15-10-7-12(2)17-15/h3-10H,1-2H3/b9-8+. The molecule has 0 saturated heterocycles. The Morgan fingerprint density at radius 2 is 1.88 bits per heavy atom. The van der Waals surface area contributed by atoms with Gasteiger partial charge in [0.05, 0.1) is 4.88 Å². The third kappa shape index (κ3) is 2.92. The molecule has 1 aromatic carbocycles. The number of hydrogen-bond donors (Lipinski definition) is 0. The molecule has 1 heterocycles. The molecule has 1 aromatic heterocycles. The minimum absolute atomic E-state index is 0.0753. The van der Waals surface area contributed by atoms with Crippen LogP contribution in [0.5, 0.6) is 0 Å². The molecule has 86 valence electrons. The number of rotatable bonds is 3. The zero-order valence-electron chi connectivity index (χ0n) is 9.94. The average Bonchev–Trinajstić information content (AvgIpc) is 2.74. The van der Waals surface area contributed by atoms with Crippen LogP contribution in [0.15, 0.2) is 42.5 Å². The summed E-state index contributed by atoms with van der Waals surface area (Å²) in [7, 11) is 0. The van der Waals surface area contributed by atoms with Gasteiger partial charge in [-0.2, -0.15) is 0 Å². The fourth-order valence-corrected chi connectivity index (χ4v) is 2.38. The first-order valence-corrected chi connectivity index (χ1v) is 6.33. The van der Waals surface area contributed by atoms with Gasteiger partial charge in [-0.15, -0.1) is 11.3 Å². The quantitative estimate of drug-likeness (QED) is 0.580. The predicted octanol–water partition coefficient (Wildman–Crippen LogP) is 4.26. The predicted molar refractivity (Wildman–Crippen MR) is 73.6 cm³/mol. The molecular weight excluding hydrogens is 228 g/mol. The Labute approximate surface area is 105 Å². The number of hydrogen-bond acceptors (Lipinski definition) is 2. The van der Waals surface area contributed by atoms with E-state index in [9.17, 15) is 4.79 Å². The van der Waals surface area contributed by atoms with Crippen LogP contribution in [0.1, 0.15) is 25.7 Å². The first-order chi connectivity index (χ1) is 8.16. The molecule has 17 heavy (non-hydrogen) atoms. The topological polar surface area (TPSA) is 17.1 Å². The summed E-state index contributed by atoms with van der Waals surface area (Å²) in [4.78, 5) is 13.8. The number of ketones is 1. The van der Waals surface area contributed by atoms with Gasteiger partial charge in [0.2, 0.25) is 0 Å². The first kappa shape index (κ1) is 11.8. The van der Waals surface area contributed by atoms with Crippen LogP contribution >= 0.6 is 11.3 Å². The van der Waals surface area contributed by atoms with E-state index in [4.69, 9.17) is 0 Å². The lowest BCUT2D eigenvalue weighted by atomic mass is 10.1. The zero-order valence-corrected chi connectivity index (χ0v) is 10.8. The van der Waals surface area contributed by atoms with Crippen molar-refractivity contribution in [1.29, 1.82) is 0 Å². The van der Waals surface area contributed by atoms with E-state index in [-0.39, 0.29) is 5.78 Å². The molecule has 0 spiro atoms. The second-order valence-corrected chi connectivity index (χ2v) is 5.25. The molecule has 0 aliphatic rings. The highest BCUT2D eigenvalue weighted by atomic mass is 32.1. The molecular formula is C15H14OS. The number of benzene rings is 1. The minimum atomic E-state index is 0.0753. The summed E-state index contributed by atoms with van der Waals surface area (Å²) in [6, 6.07) is 11.9. The van der Waals surface area contributed by atoms with E-state index in [0.717, 1.165) is 15.3 Å². The maximum absolute atomic E-state index is 11.9. The van der Waals surface area contributed by atoms with Gasteiger partial charge in [-0.3, -0.25) is 4.79 Å². The Kier molecular flexibility index (Phi) is 3.55. The highest BCUT2D eigenvalue weighted by Crippen LogP contribution is 2.17. The van der Waals surface area contributed by atoms with Crippen molar-refractivity contribution in [3.8, 4) is 0 Å². The van der Waals surface area contributed by atoms with Crippen LogP contribution in [-0.4, -0.2) is 5.78 Å². The summed E-state index contributed by atoms with van der Waals surface area (Å²) >= 11 is 1.53. The second-order valence-electron chi connectivity index (χ2n) is 3.96. The number of allylic oxidation sites excluding steroid dienone is 1. The fourth-order valence-electron chi connectivity index (χ4n) is 1.59. The van der Waals surface area contributed by atoms with E-state index in [2.05, 4.69) is 0 Å². The van der Waals surface area contributed by atoms with Gasteiger partial charge in [-0.1, -0.05) is 30.3 Å². The van der Waals surface area contributed by atoms with E-state index in [0.29, 0.717) is 0 Å². The molecule has 0 fully saturated rings. The van der Waals surface area contributed by atoms with Gasteiger partial charge in [0.1, 0.15) is 0 Å². The third-order valence-electron chi connectivity index (χ3n) is 2.59. The molecule has 2 heteroatoms. The van der Waals surface area contributed by atoms with Crippen LogP contribution in [-0.2, 0) is 0 Å². The van der Waals surface area contributed by atoms with Gasteiger partial charge in [0, 0.05) is 4.88 Å². The van der Waals surface area contributed by atoms with Gasteiger partial charge >= 0.3 is 0 Å². The fraction of sp³-hybridized carbons (Fsp3) is 0.133. The first-order valence-electron chi connectivity index (χ1n) is 5.51. The van der Waals surface area contributed by atoms with Gasteiger partial charge in [-0.05, 0) is 43.2 Å². The minimum Gasteiger partial charge on any atom is -0.288 e. The third-order valence-corrected chi connectivity index (χ3v) is 3.60. The van der Waals surface area contributed by atoms with E-state index < -0.39 is 0 Å². The lowest BCUT2D eigenvalue weighted by Gasteiger charge is -1.97. The van der Waals surface area contributed by atoms with Crippen LogP contribution in [0, 0.1) is 13.8 Å². The van der Waals surface area contributed by atoms with Crippen molar-refractivity contribution >= 4 is 23.2 Å². The highest BCUT2D eigenvalue weighted by molar-refractivity contribution is 7.14. The van der Waals surface area contributed by atoms with E-state index in [1.54, 1.807) is 6.08 Å². The van der Waals surface area contributed by atoms with Gasteiger partial charge < -0.3 is 0 Å². The Morgan fingerprint density at radius 3 is 2.53 bits per heavy atom. The van der Waals surface area contributed by atoms with Gasteiger partial charge in [0.15, 0.2) is 5.78 Å². The largest absolute Gasteiger partial charge is 0.288 e. The normalized spacial score (nSPS) is 10.9. The zero-order chi connectivity index (χ0) is 12.3. The summed E-state index contributed by atoms with van der Waals surface area (Å²) in [5.41, 5.74) is 2.27. The maximum atomic E-state index is 11.9. The Bertz CT molecular complexity index is 564. The number of carbonyl (C=O) groups excluding carboxylic acids is 1. The number of carbonyl (C=O) groups is 1. The van der Waals surface area contributed by atoms with Crippen LogP contribution < -0.4 is 0 Å². The molecule has 0 amide bonds. The molecule has 0 aliphatic heterocycles. The average molecular weight is 242 g/mol. The van der Waals surface area contributed by atoms with Crippen LogP contribution in [0.25, 0.3) is 6.08 Å². The van der Waals surface area contributed by atoms with Crippen LogP contribution in [0.3, 0.4) is 0 Å². The summed E-state index contributed by atoms with van der Waals surface area (Å²) in [5, 5.41) is 0. The van der Waals surface area contributed by atoms with Crippen molar-refractivity contribution in [2.45, 2.75) is 13.8 Å². The lowest BCUT2D eigenvalue weighted by molar-refractivity contribution is 0.105. The number of aryl methyl sites for hydroxylation is 2. The molecule has 2 aromatic rings. The van der Waals surface area contributed by atoms with E-state index in [1.165, 1.54) is 16.9 Å². The smallest absolute Gasteiger partial charge is 0.195 e. The van der Waals surface area contributed by atoms with Crippen molar-refractivity contribution in [2.75, 3.05) is 0 Å². The van der Waals surface area contributed by atoms with Crippen LogP contribution in [0.4, 0.5) is 0 Å². The summed E-state index contributed by atoms with van der Waals surface area (Å²) < 4.78 is 0. The van der Waals surface area contributed by atoms with Crippen molar-refractivity contribution in [3.63, 3.8) is 0 Å². The van der Waals surface area contributed by atoms with Crippen molar-refractivity contribution < 1.29 is 4.79 Å². The van der Waals surface area contributed by atoms with E-state index >= 15 is 0 Å². The molecule has 2 rings (SSSR count). The maximum Gasteiger partial charge on any atom is 0.195 e. The second kappa shape index (κ2) is 5.11. The van der Waals surface area contributed by atoms with Crippen molar-refractivity contribution in [2.24, 2.45) is 0 Å². The molecule has 0 aliphatic carbocycles. The van der Waals surface area contributed by atoms with Crippen molar-refractivity contribution in [1.82, 2.24) is 0 Å². The Balaban J connectivity index is 2.17. The Morgan fingerprint density at radius 1 is 1.12 bits per heavy atom. The molecule has 1 nitrogen and oxygen atoms in total. The molecule has 0 N–H and O–H groups in total. The van der Waals surface area contributed by atoms with Crippen LogP contribution in [0.2, 0.25) is 0 Å². The van der Waals surface area contributed by atoms with Gasteiger partial charge in [0.25, 0.3) is 0 Å². The molecule has 0 saturated carbocycles. The lowest BCUT2D eigenvalue weighted by Crippen LogP contribution is -1.89. The number of thiophene rings is 1. The summed E-state index contributed by atoms with van der Waals surface area (Å²) in [6.45, 7) is 4.05. The summed E-state index contributed by atoms with van der Waals surface area (Å²) in [5.74, 6) is 0.0753. The summed E-state index contributed by atoms with van der Waals surface area (Å²) in [6.07, 6.45) is 3.53. The van der Waals surface area contributed by atoms with Crippen molar-refractivity contribution in [3.05, 3.63) is 63.4 Å². The molecule has 0 atom stereocenters. The molecule has 0 radical (unpaired) electrons. The van der Waals surface area contributed by atoms with E-state index in [1.807, 2.05) is 56.3 Å². The monoisotopic (exact) mass is 242 g/mol. The Hall–Kier alpha value is -1.67. The molecule has 0 unspecified atom stereocenters. The van der Waals surface area contributed by atoms with Gasteiger partial charge in [-0.25, -0.2) is 0 Å². The highest BCUT2D eigenvalue weighted by Gasteiger charge is 2.03. The molecule has 0 bridgehead atoms. The SMILES string of the molecule is Cc1ccc(C(=O)/C=C/c2ccccc2C)s1.